The van der Waals surface area contributed by atoms with E-state index in [4.69, 9.17) is 9.47 Å². The minimum atomic E-state index is 0.393. The zero-order chi connectivity index (χ0) is 15.5. The summed E-state index contributed by atoms with van der Waals surface area (Å²) in [6.45, 7) is 0.393. The molecule has 2 aromatic heterocycles. The molecule has 0 saturated heterocycles. The molecule has 0 fully saturated rings. The minimum absolute atomic E-state index is 0.393. The second-order valence-corrected chi connectivity index (χ2v) is 7.44. The number of nitriles is 1. The molecule has 0 amide bonds. The summed E-state index contributed by atoms with van der Waals surface area (Å²) >= 11 is 3.83. The SMILES string of the molecule is COc1ccc(COc2c(C#N)cnc3sc(I)cc23)cc1. The Kier molecular flexibility index (Phi) is 4.45. The van der Waals surface area contributed by atoms with E-state index in [-0.39, 0.29) is 0 Å². The largest absolute Gasteiger partial charge is 0.497 e. The lowest BCUT2D eigenvalue weighted by molar-refractivity contribution is 0.308. The third-order valence-electron chi connectivity index (χ3n) is 3.15. The molecule has 3 rings (SSSR count). The van der Waals surface area contributed by atoms with Crippen molar-refractivity contribution in [1.29, 1.82) is 5.26 Å². The molecule has 0 saturated carbocycles. The van der Waals surface area contributed by atoms with E-state index in [1.54, 1.807) is 24.6 Å². The molecule has 0 aliphatic carbocycles. The van der Waals surface area contributed by atoms with Gasteiger partial charge in [-0.3, -0.25) is 0 Å². The number of fused-ring (bicyclic) bond motifs is 1. The summed E-state index contributed by atoms with van der Waals surface area (Å²) in [6.07, 6.45) is 1.57. The quantitative estimate of drug-likeness (QED) is 0.587. The molecule has 0 atom stereocenters. The maximum atomic E-state index is 9.27. The van der Waals surface area contributed by atoms with E-state index in [1.165, 1.54) is 0 Å². The summed E-state index contributed by atoms with van der Waals surface area (Å²) < 4.78 is 12.2. The highest BCUT2D eigenvalue weighted by Crippen LogP contribution is 2.34. The van der Waals surface area contributed by atoms with Gasteiger partial charge in [0.05, 0.1) is 21.6 Å². The molecule has 0 aliphatic rings. The molecule has 1 aromatic carbocycles. The zero-order valence-electron chi connectivity index (χ0n) is 11.7. The van der Waals surface area contributed by atoms with Gasteiger partial charge in [-0.2, -0.15) is 5.26 Å². The molecule has 2 heterocycles. The van der Waals surface area contributed by atoms with Crippen molar-refractivity contribution in [2.75, 3.05) is 7.11 Å². The highest BCUT2D eigenvalue weighted by atomic mass is 127. The minimum Gasteiger partial charge on any atom is -0.497 e. The molecule has 110 valence electrons. The van der Waals surface area contributed by atoms with Crippen LogP contribution in [0.4, 0.5) is 0 Å². The third-order valence-corrected chi connectivity index (χ3v) is 4.95. The van der Waals surface area contributed by atoms with Gasteiger partial charge in [0.25, 0.3) is 0 Å². The summed E-state index contributed by atoms with van der Waals surface area (Å²) in [4.78, 5) is 5.19. The van der Waals surface area contributed by atoms with Crippen LogP contribution in [-0.4, -0.2) is 12.1 Å². The number of benzene rings is 1. The van der Waals surface area contributed by atoms with Crippen LogP contribution < -0.4 is 9.47 Å². The monoisotopic (exact) mass is 422 g/mol. The molecule has 0 N–H and O–H groups in total. The lowest BCUT2D eigenvalue weighted by atomic mass is 10.2. The third kappa shape index (κ3) is 3.00. The fraction of sp³-hybridized carbons (Fsp3) is 0.125. The lowest BCUT2D eigenvalue weighted by Crippen LogP contribution is -1.98. The van der Waals surface area contributed by atoms with Gasteiger partial charge in [0, 0.05) is 0 Å². The van der Waals surface area contributed by atoms with Crippen LogP contribution >= 0.6 is 33.9 Å². The number of ether oxygens (including phenoxy) is 2. The summed E-state index contributed by atoms with van der Waals surface area (Å²) in [5.41, 5.74) is 1.47. The standard InChI is InChI=1S/C16H11IN2O2S/c1-20-12-4-2-10(3-5-12)9-21-15-11(7-18)8-19-16-13(15)6-14(17)22-16/h2-6,8H,9H2,1H3. The number of halogens is 1. The molecule has 4 nitrogen and oxygen atoms in total. The second kappa shape index (κ2) is 6.50. The molecule has 3 aromatic rings. The number of hydrogen-bond acceptors (Lipinski definition) is 5. The molecular weight excluding hydrogens is 411 g/mol. The van der Waals surface area contributed by atoms with Crippen LogP contribution in [0.25, 0.3) is 10.2 Å². The molecule has 0 spiro atoms. The Morgan fingerprint density at radius 2 is 2.09 bits per heavy atom. The average Bonchev–Trinajstić information content (AvgIpc) is 2.93. The normalized spacial score (nSPS) is 10.4. The van der Waals surface area contributed by atoms with E-state index in [2.05, 4.69) is 33.6 Å². The smallest absolute Gasteiger partial charge is 0.149 e. The average molecular weight is 422 g/mol. The van der Waals surface area contributed by atoms with Crippen molar-refractivity contribution in [3.05, 3.63) is 50.5 Å². The van der Waals surface area contributed by atoms with Gasteiger partial charge in [-0.05, 0) is 46.4 Å². The summed E-state index contributed by atoms with van der Waals surface area (Å²) in [5, 5.41) is 10.2. The number of nitrogens with zero attached hydrogens (tertiary/aromatic N) is 2. The van der Waals surface area contributed by atoms with Crippen molar-refractivity contribution in [3.63, 3.8) is 0 Å². The van der Waals surface area contributed by atoms with Crippen molar-refractivity contribution in [2.45, 2.75) is 6.61 Å². The number of thiophene rings is 1. The first kappa shape index (κ1) is 15.1. The maximum absolute atomic E-state index is 9.27. The van der Waals surface area contributed by atoms with Crippen LogP contribution in [0.3, 0.4) is 0 Å². The van der Waals surface area contributed by atoms with Gasteiger partial charge >= 0.3 is 0 Å². The fourth-order valence-electron chi connectivity index (χ4n) is 2.05. The predicted molar refractivity (Wildman–Crippen MR) is 94.4 cm³/mol. The van der Waals surface area contributed by atoms with E-state index >= 15 is 0 Å². The number of methoxy groups -OCH3 is 1. The molecule has 6 heteroatoms. The first-order valence-corrected chi connectivity index (χ1v) is 8.34. The topological polar surface area (TPSA) is 55.1 Å². The highest BCUT2D eigenvalue weighted by Gasteiger charge is 2.13. The van der Waals surface area contributed by atoms with Crippen molar-refractivity contribution < 1.29 is 9.47 Å². The number of hydrogen-bond donors (Lipinski definition) is 0. The van der Waals surface area contributed by atoms with Crippen LogP contribution in [-0.2, 0) is 6.61 Å². The van der Waals surface area contributed by atoms with Gasteiger partial charge in [0.1, 0.15) is 34.6 Å². The Hall–Kier alpha value is -1.85. The van der Waals surface area contributed by atoms with E-state index in [0.29, 0.717) is 17.9 Å². The van der Waals surface area contributed by atoms with Crippen molar-refractivity contribution in [2.24, 2.45) is 0 Å². The molecular formula is C16H11IN2O2S. The number of pyridine rings is 1. The van der Waals surface area contributed by atoms with Gasteiger partial charge < -0.3 is 9.47 Å². The molecule has 0 radical (unpaired) electrons. The van der Waals surface area contributed by atoms with Gasteiger partial charge in [-0.15, -0.1) is 11.3 Å². The predicted octanol–water partition coefficient (Wildman–Crippen LogP) is 4.36. The first-order chi connectivity index (χ1) is 10.7. The van der Waals surface area contributed by atoms with Crippen LogP contribution in [0.1, 0.15) is 11.1 Å². The zero-order valence-corrected chi connectivity index (χ0v) is 14.6. The molecule has 22 heavy (non-hydrogen) atoms. The van der Waals surface area contributed by atoms with E-state index < -0.39 is 0 Å². The Balaban J connectivity index is 1.90. The van der Waals surface area contributed by atoms with Crippen LogP contribution in [0.15, 0.2) is 36.5 Å². The van der Waals surface area contributed by atoms with E-state index in [0.717, 1.165) is 24.4 Å². The summed E-state index contributed by atoms with van der Waals surface area (Å²) in [5.74, 6) is 1.41. The second-order valence-electron chi connectivity index (χ2n) is 4.52. The van der Waals surface area contributed by atoms with Crippen LogP contribution in [0, 0.1) is 14.2 Å². The Morgan fingerprint density at radius 1 is 1.32 bits per heavy atom. The Morgan fingerprint density at radius 3 is 2.77 bits per heavy atom. The van der Waals surface area contributed by atoms with Gasteiger partial charge in [0.2, 0.25) is 0 Å². The molecule has 0 bridgehead atoms. The first-order valence-electron chi connectivity index (χ1n) is 6.45. The Labute approximate surface area is 145 Å². The van der Waals surface area contributed by atoms with E-state index in [9.17, 15) is 5.26 Å². The molecule has 0 unspecified atom stereocenters. The van der Waals surface area contributed by atoms with Gasteiger partial charge in [-0.1, -0.05) is 12.1 Å². The van der Waals surface area contributed by atoms with Crippen molar-refractivity contribution >= 4 is 44.1 Å². The highest BCUT2D eigenvalue weighted by molar-refractivity contribution is 14.1. The van der Waals surface area contributed by atoms with E-state index in [1.807, 2.05) is 30.3 Å². The van der Waals surface area contributed by atoms with Crippen LogP contribution in [0.2, 0.25) is 0 Å². The van der Waals surface area contributed by atoms with Gasteiger partial charge in [-0.25, -0.2) is 4.98 Å². The van der Waals surface area contributed by atoms with Crippen LogP contribution in [0.5, 0.6) is 11.5 Å². The van der Waals surface area contributed by atoms with Crippen molar-refractivity contribution in [3.8, 4) is 17.6 Å². The Bertz CT molecular complexity index is 853. The maximum Gasteiger partial charge on any atom is 0.149 e. The van der Waals surface area contributed by atoms with Gasteiger partial charge in [0.15, 0.2) is 0 Å². The number of rotatable bonds is 4. The summed E-state index contributed by atoms with van der Waals surface area (Å²) in [7, 11) is 1.64. The summed E-state index contributed by atoms with van der Waals surface area (Å²) in [6, 6.07) is 11.8. The fourth-order valence-corrected chi connectivity index (χ4v) is 3.72. The molecule has 0 aliphatic heterocycles. The van der Waals surface area contributed by atoms with Crippen molar-refractivity contribution in [1.82, 2.24) is 4.98 Å². The lowest BCUT2D eigenvalue weighted by Gasteiger charge is -2.09. The number of aromatic nitrogens is 1.